The zero-order chi connectivity index (χ0) is 12.8. The van der Waals surface area contributed by atoms with Crippen molar-refractivity contribution < 1.29 is 9.90 Å². The molecule has 0 spiro atoms. The van der Waals surface area contributed by atoms with Crippen LogP contribution in [0.15, 0.2) is 0 Å². The molecule has 0 bridgehead atoms. The smallest absolute Gasteiger partial charge is 0.300 e. The van der Waals surface area contributed by atoms with E-state index in [1.807, 2.05) is 4.90 Å². The van der Waals surface area contributed by atoms with Gasteiger partial charge >= 0.3 is 0 Å². The van der Waals surface area contributed by atoms with Gasteiger partial charge in [0.2, 0.25) is 3.79 Å². The maximum Gasteiger partial charge on any atom is 0.300 e. The molecule has 16 heavy (non-hydrogen) atoms. The summed E-state index contributed by atoms with van der Waals surface area (Å²) in [6, 6.07) is 0. The Kier molecular flexibility index (Phi) is 7.11. The van der Waals surface area contributed by atoms with Gasteiger partial charge in [-0.05, 0) is 19.3 Å². The monoisotopic (exact) mass is 288 g/mol. The highest BCUT2D eigenvalue weighted by molar-refractivity contribution is 6.76. The van der Waals surface area contributed by atoms with Gasteiger partial charge in [0.05, 0.1) is 0 Å². The van der Waals surface area contributed by atoms with E-state index >= 15 is 0 Å². The molecule has 94 valence electrons. The number of amidine groups is 1. The van der Waals surface area contributed by atoms with Gasteiger partial charge in [0, 0.05) is 20.0 Å². The van der Waals surface area contributed by atoms with Gasteiger partial charge < -0.3 is 10.0 Å². The average molecular weight is 290 g/mol. The van der Waals surface area contributed by atoms with Crippen LogP contribution in [0.25, 0.3) is 0 Å². The van der Waals surface area contributed by atoms with Crippen molar-refractivity contribution in [2.24, 2.45) is 0 Å². The lowest BCUT2D eigenvalue weighted by atomic mass is 10.1. The maximum atomic E-state index is 9.00. The molecule has 1 aliphatic heterocycles. The Morgan fingerprint density at radius 1 is 1.25 bits per heavy atom. The zero-order valence-electron chi connectivity index (χ0n) is 8.97. The Balaban J connectivity index is 0.000000487. The van der Waals surface area contributed by atoms with Crippen LogP contribution in [0.2, 0.25) is 0 Å². The first-order valence-corrected chi connectivity index (χ1v) is 5.98. The number of rotatable bonds is 0. The minimum absolute atomic E-state index is 0.104. The van der Waals surface area contributed by atoms with Crippen molar-refractivity contribution in [3.05, 3.63) is 0 Å². The molecule has 0 aliphatic carbocycles. The van der Waals surface area contributed by atoms with Crippen LogP contribution >= 0.6 is 34.8 Å². The minimum atomic E-state index is -1.56. The van der Waals surface area contributed by atoms with Crippen LogP contribution < -0.4 is 0 Å². The molecule has 0 unspecified atom stereocenters. The van der Waals surface area contributed by atoms with Gasteiger partial charge in [-0.1, -0.05) is 34.8 Å². The number of hydrogen-bond acceptors (Lipinski definition) is 2. The Hall–Kier alpha value is -0.190. The molecule has 1 fully saturated rings. The van der Waals surface area contributed by atoms with Crippen LogP contribution in [0.1, 0.15) is 26.2 Å². The number of hydrogen-bond donors (Lipinski definition) is 2. The number of aliphatic carboxylic acids is 1. The summed E-state index contributed by atoms with van der Waals surface area (Å²) in [5, 5.41) is 15.0. The normalized spacial score (nSPS) is 16.1. The molecule has 4 nitrogen and oxygen atoms in total. The average Bonchev–Trinajstić information content (AvgIpc) is 2.16. The van der Waals surface area contributed by atoms with Gasteiger partial charge in [-0.25, -0.2) is 0 Å². The number of carboxylic acid groups (broad SMARTS) is 1. The summed E-state index contributed by atoms with van der Waals surface area (Å²) in [5.74, 6) is -0.729. The number of carbonyl (C=O) groups is 1. The molecule has 0 amide bonds. The highest BCUT2D eigenvalue weighted by Gasteiger charge is 2.31. The van der Waals surface area contributed by atoms with Crippen molar-refractivity contribution in [1.82, 2.24) is 4.90 Å². The number of piperidine rings is 1. The van der Waals surface area contributed by atoms with E-state index in [9.17, 15) is 0 Å². The van der Waals surface area contributed by atoms with Crippen LogP contribution in [0.4, 0.5) is 0 Å². The fraction of sp³-hybridized carbons (Fsp3) is 0.778. The molecule has 0 atom stereocenters. The molecule has 0 aromatic heterocycles. The van der Waals surface area contributed by atoms with E-state index in [1.54, 1.807) is 0 Å². The standard InChI is InChI=1S/C7H11Cl3N2.C2H4O2/c8-7(9,10)6(11)12-4-2-1-3-5-12;1-2(3)4/h11H,1-5H2;1H3,(H,3,4). The first-order valence-electron chi connectivity index (χ1n) is 4.85. The highest BCUT2D eigenvalue weighted by atomic mass is 35.6. The summed E-state index contributed by atoms with van der Waals surface area (Å²) in [4.78, 5) is 10.8. The van der Waals surface area contributed by atoms with Crippen LogP contribution in [0.3, 0.4) is 0 Å². The second kappa shape index (κ2) is 7.20. The molecule has 2 N–H and O–H groups in total. The minimum Gasteiger partial charge on any atom is -0.481 e. The lowest BCUT2D eigenvalue weighted by Gasteiger charge is -2.31. The number of likely N-dealkylation sites (tertiary alicyclic amines) is 1. The number of nitrogens with zero attached hydrogens (tertiary/aromatic N) is 1. The number of nitrogens with one attached hydrogen (secondary N) is 1. The first-order chi connectivity index (χ1) is 7.25. The van der Waals surface area contributed by atoms with Crippen LogP contribution in [0.5, 0.6) is 0 Å². The van der Waals surface area contributed by atoms with Crippen LogP contribution in [-0.2, 0) is 4.79 Å². The summed E-state index contributed by atoms with van der Waals surface area (Å²) in [6.07, 6.45) is 3.38. The van der Waals surface area contributed by atoms with Gasteiger partial charge in [0.1, 0.15) is 5.84 Å². The molecule has 1 saturated heterocycles. The summed E-state index contributed by atoms with van der Waals surface area (Å²) in [7, 11) is 0. The first kappa shape index (κ1) is 15.8. The fourth-order valence-electron chi connectivity index (χ4n) is 1.30. The van der Waals surface area contributed by atoms with E-state index in [-0.39, 0.29) is 5.84 Å². The largest absolute Gasteiger partial charge is 0.481 e. The molecule has 1 aliphatic rings. The third-order valence-electron chi connectivity index (χ3n) is 1.94. The highest BCUT2D eigenvalue weighted by Crippen LogP contribution is 2.29. The summed E-state index contributed by atoms with van der Waals surface area (Å²) < 4.78 is -1.56. The van der Waals surface area contributed by atoms with Gasteiger partial charge in [-0.15, -0.1) is 0 Å². The Bertz CT molecular complexity index is 244. The topological polar surface area (TPSA) is 64.4 Å². The van der Waals surface area contributed by atoms with E-state index in [0.717, 1.165) is 32.9 Å². The lowest BCUT2D eigenvalue weighted by molar-refractivity contribution is -0.134. The molecule has 1 heterocycles. The van der Waals surface area contributed by atoms with Crippen molar-refractivity contribution in [3.63, 3.8) is 0 Å². The van der Waals surface area contributed by atoms with Gasteiger partial charge in [-0.2, -0.15) is 0 Å². The molecule has 7 heteroatoms. The van der Waals surface area contributed by atoms with E-state index in [2.05, 4.69) is 0 Å². The summed E-state index contributed by atoms with van der Waals surface area (Å²) in [5.41, 5.74) is 0. The predicted molar refractivity (Wildman–Crippen MR) is 66.8 cm³/mol. The van der Waals surface area contributed by atoms with Crippen molar-refractivity contribution in [1.29, 1.82) is 5.41 Å². The molecule has 0 radical (unpaired) electrons. The Morgan fingerprint density at radius 3 is 1.94 bits per heavy atom. The summed E-state index contributed by atoms with van der Waals surface area (Å²) in [6.45, 7) is 2.76. The van der Waals surface area contributed by atoms with E-state index in [1.165, 1.54) is 6.42 Å². The van der Waals surface area contributed by atoms with Crippen molar-refractivity contribution in [2.75, 3.05) is 13.1 Å². The fourth-order valence-corrected chi connectivity index (χ4v) is 1.66. The second-order valence-electron chi connectivity index (χ2n) is 3.41. The summed E-state index contributed by atoms with van der Waals surface area (Å²) >= 11 is 16.7. The van der Waals surface area contributed by atoms with Gasteiger partial charge in [0.25, 0.3) is 5.97 Å². The molecular weight excluding hydrogens is 274 g/mol. The van der Waals surface area contributed by atoms with Crippen molar-refractivity contribution in [3.8, 4) is 0 Å². The van der Waals surface area contributed by atoms with Gasteiger partial charge in [-0.3, -0.25) is 10.2 Å². The SMILES string of the molecule is CC(=O)O.N=C(N1CCCCC1)C(Cl)(Cl)Cl. The van der Waals surface area contributed by atoms with E-state index in [0.29, 0.717) is 0 Å². The number of alkyl halides is 3. The molecule has 0 saturated carbocycles. The van der Waals surface area contributed by atoms with E-state index < -0.39 is 9.76 Å². The maximum absolute atomic E-state index is 9.00. The number of carboxylic acids is 1. The van der Waals surface area contributed by atoms with Crippen molar-refractivity contribution >= 4 is 46.6 Å². The molecule has 0 aromatic rings. The van der Waals surface area contributed by atoms with Crippen molar-refractivity contribution in [2.45, 2.75) is 30.0 Å². The lowest BCUT2D eigenvalue weighted by Crippen LogP contribution is -2.41. The van der Waals surface area contributed by atoms with Crippen LogP contribution in [0, 0.1) is 5.41 Å². The Morgan fingerprint density at radius 2 is 1.62 bits per heavy atom. The van der Waals surface area contributed by atoms with Gasteiger partial charge in [0.15, 0.2) is 0 Å². The number of halogens is 3. The third-order valence-corrected chi connectivity index (χ3v) is 2.48. The third kappa shape index (κ3) is 7.14. The second-order valence-corrected chi connectivity index (χ2v) is 5.69. The zero-order valence-corrected chi connectivity index (χ0v) is 11.2. The molecular formula is C9H15Cl3N2O2. The van der Waals surface area contributed by atoms with E-state index in [4.69, 9.17) is 50.1 Å². The quantitative estimate of drug-likeness (QED) is 0.409. The molecule has 1 rings (SSSR count). The molecule has 0 aromatic carbocycles. The predicted octanol–water partition coefficient (Wildman–Crippen LogP) is 2.91. The van der Waals surface area contributed by atoms with Crippen LogP contribution in [-0.4, -0.2) is 38.7 Å². The Labute approximate surface area is 110 Å².